The Bertz CT molecular complexity index is 989. The number of hydrogen-bond donors (Lipinski definition) is 3. The molecule has 2 aromatic heterocycles. The summed E-state index contributed by atoms with van der Waals surface area (Å²) < 4.78 is 1.82. The van der Waals surface area contributed by atoms with Crippen molar-refractivity contribution >= 4 is 11.8 Å². The van der Waals surface area contributed by atoms with Crippen molar-refractivity contribution < 1.29 is 5.11 Å². The maximum absolute atomic E-state index is 9.69. The SMILES string of the molecule is N#Cc1cnc(NCc2ccccc2-n2cccn2)nc1N[C@H]1CC[C@@H](O)CC1. The minimum absolute atomic E-state index is 0.203. The second-order valence-electron chi connectivity index (χ2n) is 7.15. The van der Waals surface area contributed by atoms with Crippen LogP contribution in [0.15, 0.2) is 48.9 Å². The van der Waals surface area contributed by atoms with E-state index in [9.17, 15) is 10.4 Å². The predicted molar refractivity (Wildman–Crippen MR) is 110 cm³/mol. The molecule has 1 saturated carbocycles. The minimum Gasteiger partial charge on any atom is -0.393 e. The molecular weight excluding hydrogens is 366 g/mol. The first-order chi connectivity index (χ1) is 14.2. The van der Waals surface area contributed by atoms with Gasteiger partial charge in [-0.1, -0.05) is 18.2 Å². The van der Waals surface area contributed by atoms with E-state index in [0.29, 0.717) is 23.9 Å². The van der Waals surface area contributed by atoms with Crippen LogP contribution in [0.4, 0.5) is 11.8 Å². The van der Waals surface area contributed by atoms with E-state index in [1.807, 2.05) is 41.2 Å². The van der Waals surface area contributed by atoms with Crippen LogP contribution in [0, 0.1) is 11.3 Å². The molecule has 3 aromatic rings. The molecule has 29 heavy (non-hydrogen) atoms. The highest BCUT2D eigenvalue weighted by Crippen LogP contribution is 2.23. The van der Waals surface area contributed by atoms with Crippen LogP contribution in [-0.4, -0.2) is 37.0 Å². The van der Waals surface area contributed by atoms with Crippen molar-refractivity contribution in [3.8, 4) is 11.8 Å². The van der Waals surface area contributed by atoms with Gasteiger partial charge in [-0.3, -0.25) is 0 Å². The Hall–Kier alpha value is -3.44. The number of nitrogens with zero attached hydrogens (tertiary/aromatic N) is 5. The van der Waals surface area contributed by atoms with E-state index >= 15 is 0 Å². The molecule has 1 aliphatic rings. The van der Waals surface area contributed by atoms with Crippen molar-refractivity contribution in [1.82, 2.24) is 19.7 Å². The van der Waals surface area contributed by atoms with Crippen LogP contribution in [0.2, 0.25) is 0 Å². The fourth-order valence-electron chi connectivity index (χ4n) is 3.54. The Morgan fingerprint density at radius 3 is 2.76 bits per heavy atom. The molecule has 0 radical (unpaired) electrons. The van der Waals surface area contributed by atoms with E-state index in [4.69, 9.17) is 0 Å². The third kappa shape index (κ3) is 4.52. The molecule has 8 heteroatoms. The van der Waals surface area contributed by atoms with E-state index in [2.05, 4.69) is 31.8 Å². The van der Waals surface area contributed by atoms with Crippen molar-refractivity contribution in [2.75, 3.05) is 10.6 Å². The number of benzene rings is 1. The Morgan fingerprint density at radius 1 is 1.17 bits per heavy atom. The van der Waals surface area contributed by atoms with Gasteiger partial charge in [-0.2, -0.15) is 15.3 Å². The van der Waals surface area contributed by atoms with Crippen LogP contribution in [0.3, 0.4) is 0 Å². The quantitative estimate of drug-likeness (QED) is 0.594. The summed E-state index contributed by atoms with van der Waals surface area (Å²) in [7, 11) is 0. The second kappa shape index (κ2) is 8.71. The zero-order valence-corrected chi connectivity index (χ0v) is 16.0. The van der Waals surface area contributed by atoms with Crippen molar-refractivity contribution in [2.45, 2.75) is 44.4 Å². The number of anilines is 2. The lowest BCUT2D eigenvalue weighted by atomic mass is 9.93. The van der Waals surface area contributed by atoms with Gasteiger partial charge in [0.15, 0.2) is 0 Å². The fraction of sp³-hybridized carbons (Fsp3) is 0.333. The zero-order valence-electron chi connectivity index (χ0n) is 16.0. The van der Waals surface area contributed by atoms with Crippen LogP contribution < -0.4 is 10.6 Å². The molecule has 4 rings (SSSR count). The molecular formula is C21H23N7O. The van der Waals surface area contributed by atoms with Crippen LogP contribution >= 0.6 is 0 Å². The highest BCUT2D eigenvalue weighted by molar-refractivity contribution is 5.54. The molecule has 148 valence electrons. The lowest BCUT2D eigenvalue weighted by Crippen LogP contribution is -2.29. The van der Waals surface area contributed by atoms with Crippen molar-refractivity contribution in [3.05, 3.63) is 60.0 Å². The van der Waals surface area contributed by atoms with Gasteiger partial charge in [0.05, 0.1) is 18.0 Å². The fourth-order valence-corrected chi connectivity index (χ4v) is 3.54. The van der Waals surface area contributed by atoms with Crippen LogP contribution in [0.25, 0.3) is 5.69 Å². The number of para-hydroxylation sites is 1. The molecule has 0 saturated heterocycles. The molecule has 1 fully saturated rings. The molecule has 0 atom stereocenters. The molecule has 0 aliphatic heterocycles. The number of nitriles is 1. The number of aromatic nitrogens is 4. The lowest BCUT2D eigenvalue weighted by Gasteiger charge is -2.26. The second-order valence-corrected chi connectivity index (χ2v) is 7.15. The molecule has 3 N–H and O–H groups in total. The molecule has 0 spiro atoms. The van der Waals surface area contributed by atoms with Gasteiger partial charge in [0.2, 0.25) is 5.95 Å². The highest BCUT2D eigenvalue weighted by Gasteiger charge is 2.21. The number of hydrogen-bond acceptors (Lipinski definition) is 7. The number of nitrogens with one attached hydrogen (secondary N) is 2. The van der Waals surface area contributed by atoms with Crippen LogP contribution in [0.5, 0.6) is 0 Å². The summed E-state index contributed by atoms with van der Waals surface area (Å²) in [5.41, 5.74) is 2.45. The molecule has 0 unspecified atom stereocenters. The maximum Gasteiger partial charge on any atom is 0.224 e. The van der Waals surface area contributed by atoms with Gasteiger partial charge in [0, 0.05) is 25.0 Å². The molecule has 1 aliphatic carbocycles. The van der Waals surface area contributed by atoms with E-state index in [1.165, 1.54) is 6.20 Å². The summed E-state index contributed by atoms with van der Waals surface area (Å²) >= 11 is 0. The van der Waals surface area contributed by atoms with Gasteiger partial charge in [-0.05, 0) is 43.4 Å². The zero-order chi connectivity index (χ0) is 20.1. The molecule has 0 bridgehead atoms. The van der Waals surface area contributed by atoms with Gasteiger partial charge in [0.1, 0.15) is 17.5 Å². The van der Waals surface area contributed by atoms with E-state index in [-0.39, 0.29) is 12.1 Å². The van der Waals surface area contributed by atoms with Crippen molar-refractivity contribution in [3.63, 3.8) is 0 Å². The molecule has 2 heterocycles. The monoisotopic (exact) mass is 389 g/mol. The summed E-state index contributed by atoms with van der Waals surface area (Å²) in [5.74, 6) is 0.990. The topological polar surface area (TPSA) is 112 Å². The summed E-state index contributed by atoms with van der Waals surface area (Å²) in [6.45, 7) is 0.525. The van der Waals surface area contributed by atoms with E-state index in [1.54, 1.807) is 6.20 Å². The number of rotatable bonds is 6. The normalized spacial score (nSPS) is 18.8. The Balaban J connectivity index is 1.48. The van der Waals surface area contributed by atoms with Crippen molar-refractivity contribution in [1.29, 1.82) is 5.26 Å². The highest BCUT2D eigenvalue weighted by atomic mass is 16.3. The van der Waals surface area contributed by atoms with E-state index in [0.717, 1.165) is 36.9 Å². The minimum atomic E-state index is -0.221. The van der Waals surface area contributed by atoms with Crippen LogP contribution in [-0.2, 0) is 6.54 Å². The average molecular weight is 389 g/mol. The Labute approximate surface area is 169 Å². The summed E-state index contributed by atoms with van der Waals surface area (Å²) in [5, 5.41) is 30.0. The molecule has 0 amide bonds. The maximum atomic E-state index is 9.69. The number of aliphatic hydroxyl groups excluding tert-OH is 1. The standard InChI is InChI=1S/C21H23N7O/c22-12-16-14-24-21(27-20(16)26-17-6-8-18(29)9-7-17)23-13-15-4-1-2-5-19(15)28-11-3-10-25-28/h1-5,10-11,14,17-18,29H,6-9,13H2,(H2,23,24,26,27)/t17-,18+. The predicted octanol–water partition coefficient (Wildman–Crippen LogP) is 2.86. The largest absolute Gasteiger partial charge is 0.393 e. The Kier molecular flexibility index (Phi) is 5.68. The van der Waals surface area contributed by atoms with Crippen molar-refractivity contribution in [2.24, 2.45) is 0 Å². The van der Waals surface area contributed by atoms with Gasteiger partial charge in [0.25, 0.3) is 0 Å². The molecule has 1 aromatic carbocycles. The smallest absolute Gasteiger partial charge is 0.224 e. The van der Waals surface area contributed by atoms with Gasteiger partial charge < -0.3 is 15.7 Å². The first kappa shape index (κ1) is 18.9. The van der Waals surface area contributed by atoms with E-state index < -0.39 is 0 Å². The Morgan fingerprint density at radius 2 is 2.00 bits per heavy atom. The van der Waals surface area contributed by atoms with Gasteiger partial charge in [-0.25, -0.2) is 9.67 Å². The summed E-state index contributed by atoms with van der Waals surface area (Å²) in [6, 6.07) is 12.2. The van der Waals surface area contributed by atoms with Gasteiger partial charge >= 0.3 is 0 Å². The first-order valence-electron chi connectivity index (χ1n) is 9.76. The third-order valence-electron chi connectivity index (χ3n) is 5.13. The summed E-state index contributed by atoms with van der Waals surface area (Å²) in [6.07, 6.45) is 8.21. The summed E-state index contributed by atoms with van der Waals surface area (Å²) in [4.78, 5) is 8.80. The van der Waals surface area contributed by atoms with Crippen LogP contribution in [0.1, 0.15) is 36.8 Å². The average Bonchev–Trinajstić information content (AvgIpc) is 3.29. The van der Waals surface area contributed by atoms with Gasteiger partial charge in [-0.15, -0.1) is 0 Å². The first-order valence-corrected chi connectivity index (χ1v) is 9.76. The number of aliphatic hydroxyl groups is 1. The lowest BCUT2D eigenvalue weighted by molar-refractivity contribution is 0.126. The molecule has 8 nitrogen and oxygen atoms in total. The third-order valence-corrected chi connectivity index (χ3v) is 5.13.